The van der Waals surface area contributed by atoms with Crippen LogP contribution in [-0.2, 0) is 9.59 Å². The minimum Gasteiger partial charge on any atom is -0.478 e. The number of carboxylic acids is 2. The third kappa shape index (κ3) is 6.16. The normalized spacial score (nSPS) is 23.8. The average molecular weight is 381 g/mol. The van der Waals surface area contributed by atoms with Crippen molar-refractivity contribution in [1.82, 2.24) is 10.2 Å². The molecule has 26 heavy (non-hydrogen) atoms. The lowest BCUT2D eigenvalue weighted by Gasteiger charge is -2.44. The fourth-order valence-corrected chi connectivity index (χ4v) is 3.25. The molecular formula is C18H21ClN2O5. The number of carbonyl (C=O) groups excluding carboxylic acids is 1. The van der Waals surface area contributed by atoms with E-state index in [1.165, 1.54) is 25.9 Å². The van der Waals surface area contributed by atoms with Gasteiger partial charge in [-0.25, -0.2) is 9.59 Å². The lowest BCUT2D eigenvalue weighted by Crippen LogP contribution is -2.57. The number of fused-ring (bicyclic) bond motifs is 3. The van der Waals surface area contributed by atoms with Crippen molar-refractivity contribution in [3.8, 4) is 0 Å². The summed E-state index contributed by atoms with van der Waals surface area (Å²) >= 11 is 5.82. The molecule has 1 aromatic carbocycles. The standard InChI is InChI=1S/C14H17ClN2O.C4H4O4/c15-12-3-1-11(2-4-12)14(18)16-13-9-17-7-5-10(13)6-8-17;5-3(6)1-2-4(7)8/h1-4,10,13H,5-9H2,(H,16,18);1-2H,(H,5,6)(H,7,8)/t13-;/m0./s1. The molecule has 0 aliphatic carbocycles. The van der Waals surface area contributed by atoms with Crippen LogP contribution in [-0.4, -0.2) is 58.6 Å². The van der Waals surface area contributed by atoms with Crippen molar-refractivity contribution >= 4 is 29.4 Å². The monoisotopic (exact) mass is 380 g/mol. The van der Waals surface area contributed by atoms with Crippen LogP contribution in [0.15, 0.2) is 36.4 Å². The number of hydrogen-bond acceptors (Lipinski definition) is 4. The molecule has 1 aromatic rings. The molecule has 0 saturated carbocycles. The Morgan fingerprint density at radius 3 is 2.00 bits per heavy atom. The number of hydrogen-bond donors (Lipinski definition) is 3. The summed E-state index contributed by atoms with van der Waals surface area (Å²) in [5.41, 5.74) is 0.691. The molecule has 140 valence electrons. The van der Waals surface area contributed by atoms with Gasteiger partial charge < -0.3 is 20.4 Å². The first-order valence-corrected chi connectivity index (χ1v) is 8.65. The maximum Gasteiger partial charge on any atom is 0.328 e. The van der Waals surface area contributed by atoms with Gasteiger partial charge in [0.2, 0.25) is 0 Å². The molecule has 0 radical (unpaired) electrons. The zero-order valence-electron chi connectivity index (χ0n) is 14.1. The highest BCUT2D eigenvalue weighted by Crippen LogP contribution is 2.27. The van der Waals surface area contributed by atoms with Crippen molar-refractivity contribution in [3.05, 3.63) is 47.0 Å². The van der Waals surface area contributed by atoms with Gasteiger partial charge in [0.05, 0.1) is 0 Å². The highest BCUT2D eigenvalue weighted by atomic mass is 35.5. The first-order chi connectivity index (χ1) is 12.3. The summed E-state index contributed by atoms with van der Waals surface area (Å²) in [6, 6.07) is 7.38. The van der Waals surface area contributed by atoms with E-state index >= 15 is 0 Å². The molecule has 7 nitrogen and oxygen atoms in total. The van der Waals surface area contributed by atoms with Crippen LogP contribution in [0.25, 0.3) is 0 Å². The van der Waals surface area contributed by atoms with E-state index in [4.69, 9.17) is 21.8 Å². The third-order valence-corrected chi connectivity index (χ3v) is 4.70. The Bertz CT molecular complexity index is 665. The Balaban J connectivity index is 0.000000260. The summed E-state index contributed by atoms with van der Waals surface area (Å²) in [7, 11) is 0. The van der Waals surface area contributed by atoms with E-state index in [2.05, 4.69) is 10.2 Å². The molecule has 3 fully saturated rings. The van der Waals surface area contributed by atoms with E-state index in [1.807, 2.05) is 0 Å². The smallest absolute Gasteiger partial charge is 0.328 e. The van der Waals surface area contributed by atoms with E-state index in [-0.39, 0.29) is 5.91 Å². The average Bonchev–Trinajstić information content (AvgIpc) is 2.62. The predicted octanol–water partition coefficient (Wildman–Crippen LogP) is 1.88. The topological polar surface area (TPSA) is 107 Å². The van der Waals surface area contributed by atoms with Crippen molar-refractivity contribution in [2.75, 3.05) is 19.6 Å². The van der Waals surface area contributed by atoms with Gasteiger partial charge in [0.1, 0.15) is 0 Å². The van der Waals surface area contributed by atoms with Crippen LogP contribution >= 0.6 is 11.6 Å². The number of aliphatic carboxylic acids is 2. The summed E-state index contributed by atoms with van der Waals surface area (Å²) in [4.78, 5) is 33.7. The van der Waals surface area contributed by atoms with Gasteiger partial charge >= 0.3 is 11.9 Å². The lowest BCUT2D eigenvalue weighted by molar-refractivity contribution is -0.134. The molecule has 8 heteroatoms. The van der Waals surface area contributed by atoms with Gasteiger partial charge in [-0.1, -0.05) is 11.6 Å². The van der Waals surface area contributed by atoms with E-state index in [9.17, 15) is 14.4 Å². The van der Waals surface area contributed by atoms with Crippen molar-refractivity contribution in [2.45, 2.75) is 18.9 Å². The number of benzene rings is 1. The van der Waals surface area contributed by atoms with Crippen molar-refractivity contribution in [1.29, 1.82) is 0 Å². The summed E-state index contributed by atoms with van der Waals surface area (Å²) in [5.74, 6) is -1.84. The number of halogens is 1. The minimum absolute atomic E-state index is 0.0189. The zero-order chi connectivity index (χ0) is 19.1. The summed E-state index contributed by atoms with van der Waals surface area (Å²) in [6.45, 7) is 3.39. The Labute approximate surface area is 156 Å². The Kier molecular flexibility index (Phi) is 7.17. The molecule has 3 heterocycles. The fraction of sp³-hybridized carbons (Fsp3) is 0.389. The third-order valence-electron chi connectivity index (χ3n) is 4.45. The van der Waals surface area contributed by atoms with E-state index in [0.717, 1.165) is 6.54 Å². The highest BCUT2D eigenvalue weighted by molar-refractivity contribution is 6.30. The number of amides is 1. The molecular weight excluding hydrogens is 360 g/mol. The molecule has 3 saturated heterocycles. The first-order valence-electron chi connectivity index (χ1n) is 8.28. The van der Waals surface area contributed by atoms with Gasteiger partial charge in [-0.2, -0.15) is 0 Å². The number of nitrogens with zero attached hydrogens (tertiary/aromatic N) is 1. The van der Waals surface area contributed by atoms with Crippen LogP contribution in [0, 0.1) is 5.92 Å². The predicted molar refractivity (Wildman–Crippen MR) is 96.3 cm³/mol. The second-order valence-electron chi connectivity index (χ2n) is 6.23. The van der Waals surface area contributed by atoms with Gasteiger partial charge in [0, 0.05) is 35.3 Å². The Hall–Kier alpha value is -2.38. The van der Waals surface area contributed by atoms with E-state index in [0.29, 0.717) is 34.7 Å². The van der Waals surface area contributed by atoms with Crippen molar-refractivity contribution < 1.29 is 24.6 Å². The van der Waals surface area contributed by atoms with Gasteiger partial charge in [-0.15, -0.1) is 0 Å². The van der Waals surface area contributed by atoms with Gasteiger partial charge in [0.15, 0.2) is 0 Å². The Morgan fingerprint density at radius 1 is 1.04 bits per heavy atom. The van der Waals surface area contributed by atoms with Gasteiger partial charge in [0.25, 0.3) is 5.91 Å². The maximum absolute atomic E-state index is 12.1. The molecule has 1 atom stereocenters. The number of piperidine rings is 3. The summed E-state index contributed by atoms with van der Waals surface area (Å²) in [6.07, 6.45) is 3.54. The van der Waals surface area contributed by atoms with Gasteiger partial charge in [-0.05, 0) is 56.1 Å². The molecule has 3 aliphatic heterocycles. The maximum atomic E-state index is 12.1. The number of carbonyl (C=O) groups is 3. The van der Waals surface area contributed by atoms with E-state index < -0.39 is 11.9 Å². The van der Waals surface area contributed by atoms with Crippen LogP contribution in [0.3, 0.4) is 0 Å². The molecule has 3 aliphatic rings. The number of carboxylic acid groups (broad SMARTS) is 2. The Morgan fingerprint density at radius 2 is 1.58 bits per heavy atom. The van der Waals surface area contributed by atoms with Crippen LogP contribution in [0.2, 0.25) is 5.02 Å². The lowest BCUT2D eigenvalue weighted by atomic mass is 9.84. The number of rotatable bonds is 4. The first kappa shape index (κ1) is 19.9. The second-order valence-corrected chi connectivity index (χ2v) is 6.67. The second kappa shape index (κ2) is 9.35. The van der Waals surface area contributed by atoms with Crippen LogP contribution in [0.5, 0.6) is 0 Å². The molecule has 0 aromatic heterocycles. The van der Waals surface area contributed by atoms with Gasteiger partial charge in [-0.3, -0.25) is 4.79 Å². The minimum atomic E-state index is -1.26. The molecule has 1 amide bonds. The largest absolute Gasteiger partial charge is 0.478 e. The highest BCUT2D eigenvalue weighted by Gasteiger charge is 2.34. The van der Waals surface area contributed by atoms with Crippen molar-refractivity contribution in [2.24, 2.45) is 5.92 Å². The van der Waals surface area contributed by atoms with Crippen LogP contribution < -0.4 is 5.32 Å². The molecule has 4 rings (SSSR count). The summed E-state index contributed by atoms with van der Waals surface area (Å²) < 4.78 is 0. The van der Waals surface area contributed by atoms with E-state index in [1.54, 1.807) is 24.3 Å². The molecule has 2 bridgehead atoms. The summed E-state index contributed by atoms with van der Waals surface area (Å²) in [5, 5.41) is 19.4. The van der Waals surface area contributed by atoms with Crippen LogP contribution in [0.4, 0.5) is 0 Å². The molecule has 0 unspecified atom stereocenters. The SMILES string of the molecule is O=C(N[C@H]1CN2CCC1CC2)c1ccc(Cl)cc1.O=C(O)C=CC(=O)O. The fourth-order valence-electron chi connectivity index (χ4n) is 3.12. The zero-order valence-corrected chi connectivity index (χ0v) is 14.9. The quantitative estimate of drug-likeness (QED) is 0.688. The van der Waals surface area contributed by atoms with Crippen LogP contribution in [0.1, 0.15) is 23.2 Å². The van der Waals surface area contributed by atoms with Crippen molar-refractivity contribution in [3.63, 3.8) is 0 Å². The number of nitrogens with one attached hydrogen (secondary N) is 1. The molecule has 3 N–H and O–H groups in total. The molecule has 0 spiro atoms.